The van der Waals surface area contributed by atoms with Gasteiger partial charge in [-0.2, -0.15) is 13.2 Å². The van der Waals surface area contributed by atoms with Crippen LogP contribution in [0.15, 0.2) is 59.9 Å². The highest BCUT2D eigenvalue weighted by molar-refractivity contribution is 7.92. The first-order valence-corrected chi connectivity index (χ1v) is 13.9. The molecule has 0 unspecified atom stereocenters. The Balaban J connectivity index is 1.56. The number of sulfonamides is 1. The Labute approximate surface area is 228 Å². The smallest absolute Gasteiger partial charge is 0.395 e. The minimum Gasteiger partial charge on any atom is -0.395 e. The Morgan fingerprint density at radius 2 is 1.88 bits per heavy atom. The van der Waals surface area contributed by atoms with Crippen LogP contribution in [0.3, 0.4) is 0 Å². The SMILES string of the molecule is CN(CCO)[C@H]1C[C@@H](c2cccc(C(F)(F)F)c2)CC[C@@H]1Nc1cc(F)c(S(=O)(=O)Nc2ccncn2)cc1F. The number of benzene rings is 2. The van der Waals surface area contributed by atoms with Crippen molar-refractivity contribution in [1.29, 1.82) is 0 Å². The summed E-state index contributed by atoms with van der Waals surface area (Å²) >= 11 is 0. The number of anilines is 2. The number of rotatable bonds is 9. The van der Waals surface area contributed by atoms with E-state index in [0.29, 0.717) is 30.9 Å². The topological polar surface area (TPSA) is 107 Å². The van der Waals surface area contributed by atoms with Crippen molar-refractivity contribution in [3.8, 4) is 0 Å². The fourth-order valence-electron chi connectivity index (χ4n) is 4.99. The van der Waals surface area contributed by atoms with Crippen LogP contribution >= 0.6 is 0 Å². The maximum absolute atomic E-state index is 15.1. The lowest BCUT2D eigenvalue weighted by atomic mass is 9.77. The second kappa shape index (κ2) is 12.0. The second-order valence-electron chi connectivity index (χ2n) is 9.62. The number of nitrogens with one attached hydrogen (secondary N) is 2. The van der Waals surface area contributed by atoms with Crippen LogP contribution in [0, 0.1) is 11.6 Å². The summed E-state index contributed by atoms with van der Waals surface area (Å²) in [4.78, 5) is 8.28. The minimum absolute atomic E-state index is 0.121. The number of aromatic nitrogens is 2. The van der Waals surface area contributed by atoms with Crippen LogP contribution in [0.1, 0.15) is 36.3 Å². The number of aliphatic hydroxyl groups excluding tert-OH is 1. The van der Waals surface area contributed by atoms with E-state index in [9.17, 15) is 31.1 Å². The predicted molar refractivity (Wildman–Crippen MR) is 138 cm³/mol. The van der Waals surface area contributed by atoms with E-state index in [0.717, 1.165) is 24.5 Å². The second-order valence-corrected chi connectivity index (χ2v) is 11.3. The summed E-state index contributed by atoms with van der Waals surface area (Å²) in [5.41, 5.74) is -0.477. The summed E-state index contributed by atoms with van der Waals surface area (Å²) in [6, 6.07) is 6.90. The number of hydrogen-bond donors (Lipinski definition) is 3. The summed E-state index contributed by atoms with van der Waals surface area (Å²) in [6.45, 7) is 0.0731. The molecular formula is C26H28F5N5O3S. The van der Waals surface area contributed by atoms with Crippen molar-refractivity contribution >= 4 is 21.5 Å². The molecule has 4 rings (SSSR count). The number of alkyl halides is 3. The molecule has 3 N–H and O–H groups in total. The van der Waals surface area contributed by atoms with Crippen molar-refractivity contribution in [2.24, 2.45) is 0 Å². The highest BCUT2D eigenvalue weighted by Gasteiger charge is 2.36. The van der Waals surface area contributed by atoms with Gasteiger partial charge in [0.15, 0.2) is 0 Å². The van der Waals surface area contributed by atoms with Crippen molar-refractivity contribution in [1.82, 2.24) is 14.9 Å². The van der Waals surface area contributed by atoms with Gasteiger partial charge < -0.3 is 10.4 Å². The summed E-state index contributed by atoms with van der Waals surface area (Å²) in [5.74, 6) is -2.55. The predicted octanol–water partition coefficient (Wildman–Crippen LogP) is 4.62. The van der Waals surface area contributed by atoms with Crippen molar-refractivity contribution in [3.05, 3.63) is 77.8 Å². The van der Waals surface area contributed by atoms with E-state index in [1.807, 2.05) is 4.90 Å². The molecule has 1 saturated carbocycles. The Morgan fingerprint density at radius 1 is 1.10 bits per heavy atom. The molecule has 0 amide bonds. The zero-order chi connectivity index (χ0) is 29.1. The van der Waals surface area contributed by atoms with Gasteiger partial charge in [0.25, 0.3) is 10.0 Å². The van der Waals surface area contributed by atoms with Gasteiger partial charge in [0.05, 0.1) is 17.9 Å². The Kier molecular flexibility index (Phi) is 8.90. The molecule has 3 atom stereocenters. The molecule has 1 aliphatic rings. The monoisotopic (exact) mass is 585 g/mol. The molecule has 216 valence electrons. The van der Waals surface area contributed by atoms with E-state index in [-0.39, 0.29) is 36.6 Å². The van der Waals surface area contributed by atoms with Gasteiger partial charge in [0, 0.05) is 30.9 Å². The van der Waals surface area contributed by atoms with Crippen molar-refractivity contribution in [2.45, 2.75) is 48.3 Å². The van der Waals surface area contributed by atoms with Gasteiger partial charge in [0.1, 0.15) is 28.7 Å². The third-order valence-corrected chi connectivity index (χ3v) is 8.36. The Bertz CT molecular complexity index is 1430. The molecule has 0 radical (unpaired) electrons. The molecule has 0 bridgehead atoms. The van der Waals surface area contributed by atoms with Gasteiger partial charge in [-0.3, -0.25) is 9.62 Å². The van der Waals surface area contributed by atoms with E-state index in [1.165, 1.54) is 18.3 Å². The largest absolute Gasteiger partial charge is 0.416 e. The molecule has 2 aromatic carbocycles. The third-order valence-electron chi connectivity index (χ3n) is 6.99. The van der Waals surface area contributed by atoms with E-state index in [1.54, 1.807) is 13.1 Å². The van der Waals surface area contributed by atoms with Crippen molar-refractivity contribution in [3.63, 3.8) is 0 Å². The van der Waals surface area contributed by atoms with Gasteiger partial charge in [-0.1, -0.05) is 18.2 Å². The summed E-state index contributed by atoms with van der Waals surface area (Å²) in [6.07, 6.45) is -0.837. The quantitative estimate of drug-likeness (QED) is 0.315. The highest BCUT2D eigenvalue weighted by atomic mass is 32.2. The number of nitrogens with zero attached hydrogens (tertiary/aromatic N) is 3. The first-order chi connectivity index (χ1) is 18.9. The first kappa shape index (κ1) is 29.6. The van der Waals surface area contributed by atoms with Gasteiger partial charge in [-0.15, -0.1) is 0 Å². The molecule has 40 heavy (non-hydrogen) atoms. The standard InChI is InChI=1S/C26H28F5N5O3S/c1-36(9-10-37)23-12-17(16-3-2-4-18(11-16)26(29,30)31)5-6-21(23)34-22-13-20(28)24(14-19(22)27)40(38,39)35-25-7-8-32-15-33-25/h2-4,7-8,11,13-15,17,21,23,34,37H,5-6,9-10,12H2,1H3,(H,32,33,35)/t17-,21-,23-/m0/s1. The zero-order valence-electron chi connectivity index (χ0n) is 21.4. The fraction of sp³-hybridized carbons (Fsp3) is 0.385. The summed E-state index contributed by atoms with van der Waals surface area (Å²) < 4.78 is 97.3. The normalized spacial score (nSPS) is 19.9. The fourth-order valence-corrected chi connectivity index (χ4v) is 6.07. The van der Waals surface area contributed by atoms with Crippen LogP contribution in [0.4, 0.5) is 33.5 Å². The molecule has 1 heterocycles. The van der Waals surface area contributed by atoms with E-state index in [2.05, 4.69) is 20.0 Å². The molecule has 0 saturated heterocycles. The van der Waals surface area contributed by atoms with Crippen LogP contribution in [0.5, 0.6) is 0 Å². The van der Waals surface area contributed by atoms with Crippen molar-refractivity contribution in [2.75, 3.05) is 30.2 Å². The van der Waals surface area contributed by atoms with Crippen LogP contribution in [0.2, 0.25) is 0 Å². The zero-order valence-corrected chi connectivity index (χ0v) is 22.2. The lowest BCUT2D eigenvalue weighted by molar-refractivity contribution is -0.137. The Morgan fingerprint density at radius 3 is 2.55 bits per heavy atom. The molecule has 3 aromatic rings. The Hall–Kier alpha value is -3.36. The third kappa shape index (κ3) is 6.85. The van der Waals surface area contributed by atoms with Crippen LogP contribution in [-0.4, -0.2) is 60.7 Å². The lowest BCUT2D eigenvalue weighted by Gasteiger charge is -2.42. The van der Waals surface area contributed by atoms with E-state index < -0.39 is 44.3 Å². The average molecular weight is 586 g/mol. The van der Waals surface area contributed by atoms with Gasteiger partial charge in [0.2, 0.25) is 0 Å². The van der Waals surface area contributed by atoms with Crippen LogP contribution < -0.4 is 10.0 Å². The first-order valence-electron chi connectivity index (χ1n) is 12.4. The number of aliphatic hydroxyl groups is 1. The number of likely N-dealkylation sites (N-methyl/N-ethyl adjacent to an activating group) is 1. The molecule has 1 fully saturated rings. The number of hydrogen-bond acceptors (Lipinski definition) is 7. The molecule has 1 aromatic heterocycles. The molecule has 0 spiro atoms. The van der Waals surface area contributed by atoms with Crippen molar-refractivity contribution < 1.29 is 35.5 Å². The van der Waals surface area contributed by atoms with E-state index in [4.69, 9.17) is 0 Å². The van der Waals surface area contributed by atoms with Crippen LogP contribution in [0.25, 0.3) is 0 Å². The van der Waals surface area contributed by atoms with Gasteiger partial charge in [-0.05, 0) is 56.0 Å². The van der Waals surface area contributed by atoms with E-state index >= 15 is 4.39 Å². The van der Waals surface area contributed by atoms with Gasteiger partial charge in [-0.25, -0.2) is 27.2 Å². The molecule has 14 heteroatoms. The maximum atomic E-state index is 15.1. The highest BCUT2D eigenvalue weighted by Crippen LogP contribution is 2.39. The van der Waals surface area contributed by atoms with Gasteiger partial charge >= 0.3 is 6.18 Å². The summed E-state index contributed by atoms with van der Waals surface area (Å²) in [5, 5.41) is 12.4. The van der Waals surface area contributed by atoms with Crippen LogP contribution in [-0.2, 0) is 16.2 Å². The lowest BCUT2D eigenvalue weighted by Crippen LogP contribution is -2.49. The maximum Gasteiger partial charge on any atom is 0.416 e. The molecule has 0 aliphatic heterocycles. The molecule has 8 nitrogen and oxygen atoms in total. The molecular weight excluding hydrogens is 557 g/mol. The minimum atomic E-state index is -4.50. The summed E-state index contributed by atoms with van der Waals surface area (Å²) in [7, 11) is -2.77. The average Bonchev–Trinajstić information content (AvgIpc) is 2.90. The molecule has 1 aliphatic carbocycles. The number of halogens is 5.